The van der Waals surface area contributed by atoms with Gasteiger partial charge in [0, 0.05) is 11.5 Å². The molecule has 0 saturated carbocycles. The van der Waals surface area contributed by atoms with Crippen molar-refractivity contribution in [2.24, 2.45) is 0 Å². The second-order valence-electron chi connectivity index (χ2n) is 8.19. The smallest absolute Gasteiger partial charge is 0.457 e. The zero-order valence-corrected chi connectivity index (χ0v) is 19.5. The van der Waals surface area contributed by atoms with E-state index in [9.17, 15) is 0 Å². The summed E-state index contributed by atoms with van der Waals surface area (Å²) in [5.41, 5.74) is 1.08. The molecule has 3 rings (SSSR count). The van der Waals surface area contributed by atoms with Gasteiger partial charge in [0.25, 0.3) is 0 Å². The number of ether oxygens (including phenoxy) is 3. The van der Waals surface area contributed by atoms with Gasteiger partial charge < -0.3 is 23.5 Å². The predicted molar refractivity (Wildman–Crippen MR) is 122 cm³/mol. The third-order valence-corrected chi connectivity index (χ3v) is 6.29. The quantitative estimate of drug-likeness (QED) is 0.241. The summed E-state index contributed by atoms with van der Waals surface area (Å²) in [5.74, 6) is 1.53. The van der Waals surface area contributed by atoms with Crippen molar-refractivity contribution >= 4 is 24.3 Å². The lowest BCUT2D eigenvalue weighted by atomic mass is 9.76. The van der Waals surface area contributed by atoms with Crippen molar-refractivity contribution in [2.75, 3.05) is 19.7 Å². The fraction of sp³-hybridized carbons (Fsp3) is 0.478. The van der Waals surface area contributed by atoms with E-state index in [-0.39, 0.29) is 6.79 Å². The summed E-state index contributed by atoms with van der Waals surface area (Å²) < 4.78 is 29.6. The Balaban J connectivity index is 1.82. The Labute approximate surface area is 184 Å². The summed E-state index contributed by atoms with van der Waals surface area (Å²) in [6.07, 6.45) is 2.05. The van der Waals surface area contributed by atoms with Crippen molar-refractivity contribution in [1.82, 2.24) is 0 Å². The van der Waals surface area contributed by atoms with Gasteiger partial charge in [-0.1, -0.05) is 6.07 Å². The lowest BCUT2D eigenvalue weighted by Gasteiger charge is -2.32. The molecule has 1 aliphatic heterocycles. The fourth-order valence-electron chi connectivity index (χ4n) is 3.04. The molecule has 0 aliphatic carbocycles. The van der Waals surface area contributed by atoms with Crippen molar-refractivity contribution in [3.63, 3.8) is 0 Å². The van der Waals surface area contributed by atoms with Crippen molar-refractivity contribution in [2.45, 2.75) is 57.3 Å². The maximum absolute atomic E-state index is 6.25. The topological polar surface area (TPSA) is 46.2 Å². The minimum Gasteiger partial charge on any atom is -0.457 e. The van der Waals surface area contributed by atoms with Gasteiger partial charge in [-0.05, 0) is 88.3 Å². The second-order valence-corrected chi connectivity index (χ2v) is 9.07. The summed E-state index contributed by atoms with van der Waals surface area (Å²) >= 11 is 1.70. The molecular formula is C23H31BO5S. The van der Waals surface area contributed by atoms with E-state index in [4.69, 9.17) is 23.5 Å². The molecule has 2 aromatic carbocycles. The summed E-state index contributed by atoms with van der Waals surface area (Å²) in [4.78, 5) is 1.20. The molecule has 0 unspecified atom stereocenters. The highest BCUT2D eigenvalue weighted by atomic mass is 32.2. The zero-order chi connectivity index (χ0) is 21.8. The van der Waals surface area contributed by atoms with E-state index in [1.54, 1.807) is 11.8 Å². The van der Waals surface area contributed by atoms with Crippen LogP contribution in [0.5, 0.6) is 11.5 Å². The first-order valence-corrected chi connectivity index (χ1v) is 11.4. The van der Waals surface area contributed by atoms with Gasteiger partial charge in [0.15, 0.2) is 0 Å². The minimum atomic E-state index is -0.462. The van der Waals surface area contributed by atoms with Gasteiger partial charge in [0.1, 0.15) is 18.3 Å². The summed E-state index contributed by atoms with van der Waals surface area (Å²) in [6, 6.07) is 13.9. The molecule has 0 N–H and O–H groups in total. The molecule has 162 valence electrons. The van der Waals surface area contributed by atoms with E-state index in [0.29, 0.717) is 13.2 Å². The van der Waals surface area contributed by atoms with Gasteiger partial charge in [-0.2, -0.15) is 0 Å². The highest BCUT2D eigenvalue weighted by Crippen LogP contribution is 2.37. The van der Waals surface area contributed by atoms with Gasteiger partial charge in [-0.15, -0.1) is 11.8 Å². The molecule has 1 saturated heterocycles. The molecule has 1 heterocycles. The molecule has 1 fully saturated rings. The highest BCUT2D eigenvalue weighted by Gasteiger charge is 2.52. The number of benzene rings is 2. The molecule has 0 aromatic heterocycles. The summed E-state index contributed by atoms with van der Waals surface area (Å²) in [7, 11) is -0.462. The van der Waals surface area contributed by atoms with Gasteiger partial charge in [-0.25, -0.2) is 0 Å². The van der Waals surface area contributed by atoms with Crippen LogP contribution in [0.15, 0.2) is 47.4 Å². The maximum Gasteiger partial charge on any atom is 0.495 e. The normalized spacial score (nSPS) is 17.3. The molecule has 0 spiro atoms. The van der Waals surface area contributed by atoms with Crippen LogP contribution in [0.1, 0.15) is 40.2 Å². The molecule has 0 atom stereocenters. The second kappa shape index (κ2) is 9.75. The van der Waals surface area contributed by atoms with Gasteiger partial charge in [0.2, 0.25) is 0 Å². The standard InChI is InChI=1S/C23H31BO5S/c1-7-25-16-26-15-17-14-19(27-18-8-11-20(30-6)12-9-18)10-13-21(17)24-28-22(2,3)23(4,5)29-24/h8-14H,7,15-16H2,1-6H3. The molecular weight excluding hydrogens is 399 g/mol. The molecule has 0 bridgehead atoms. The van der Waals surface area contributed by atoms with E-state index in [2.05, 4.69) is 6.26 Å². The van der Waals surface area contributed by atoms with E-state index in [1.807, 2.05) is 77.1 Å². The highest BCUT2D eigenvalue weighted by molar-refractivity contribution is 7.98. The zero-order valence-electron chi connectivity index (χ0n) is 18.7. The molecule has 0 radical (unpaired) electrons. The molecule has 1 aliphatic rings. The maximum atomic E-state index is 6.25. The third kappa shape index (κ3) is 5.40. The Morgan fingerprint density at radius 2 is 1.53 bits per heavy atom. The van der Waals surface area contributed by atoms with E-state index in [1.165, 1.54) is 4.90 Å². The lowest BCUT2D eigenvalue weighted by Crippen LogP contribution is -2.41. The number of hydrogen-bond donors (Lipinski definition) is 0. The van der Waals surface area contributed by atoms with Crippen molar-refractivity contribution in [3.05, 3.63) is 48.0 Å². The Hall–Kier alpha value is -1.51. The largest absolute Gasteiger partial charge is 0.495 e. The monoisotopic (exact) mass is 430 g/mol. The van der Waals surface area contributed by atoms with Crippen molar-refractivity contribution in [1.29, 1.82) is 0 Å². The van der Waals surface area contributed by atoms with E-state index >= 15 is 0 Å². The van der Waals surface area contributed by atoms with Crippen molar-refractivity contribution < 1.29 is 23.5 Å². The van der Waals surface area contributed by atoms with Crippen LogP contribution in [0.4, 0.5) is 0 Å². The molecule has 0 amide bonds. The number of rotatable bonds is 9. The molecule has 30 heavy (non-hydrogen) atoms. The van der Waals surface area contributed by atoms with Crippen LogP contribution in [0.2, 0.25) is 0 Å². The summed E-state index contributed by atoms with van der Waals surface area (Å²) in [6.45, 7) is 11.4. The van der Waals surface area contributed by atoms with Crippen molar-refractivity contribution in [3.8, 4) is 11.5 Å². The first-order valence-electron chi connectivity index (χ1n) is 10.2. The van der Waals surface area contributed by atoms with Crippen LogP contribution in [-0.4, -0.2) is 38.0 Å². The molecule has 7 heteroatoms. The third-order valence-electron chi connectivity index (χ3n) is 5.55. The van der Waals surface area contributed by atoms with Gasteiger partial charge >= 0.3 is 7.12 Å². The number of hydrogen-bond acceptors (Lipinski definition) is 6. The Kier molecular flexibility index (Phi) is 7.53. The van der Waals surface area contributed by atoms with Crippen LogP contribution >= 0.6 is 11.8 Å². The SMILES string of the molecule is CCOCOCc1cc(Oc2ccc(SC)cc2)ccc1B1OC(C)(C)C(C)(C)O1. The average Bonchev–Trinajstić information content (AvgIpc) is 2.93. The van der Waals surface area contributed by atoms with Crippen LogP contribution in [0.25, 0.3) is 0 Å². The van der Waals surface area contributed by atoms with E-state index in [0.717, 1.165) is 22.5 Å². The minimum absolute atomic E-state index is 0.237. The first-order chi connectivity index (χ1) is 14.3. The van der Waals surface area contributed by atoms with Crippen LogP contribution < -0.4 is 10.2 Å². The lowest BCUT2D eigenvalue weighted by molar-refractivity contribution is -0.0570. The Morgan fingerprint density at radius 3 is 2.13 bits per heavy atom. The van der Waals surface area contributed by atoms with Crippen LogP contribution in [-0.2, 0) is 25.4 Å². The fourth-order valence-corrected chi connectivity index (χ4v) is 3.45. The van der Waals surface area contributed by atoms with E-state index < -0.39 is 18.3 Å². The summed E-state index contributed by atoms with van der Waals surface area (Å²) in [5, 5.41) is 0. The van der Waals surface area contributed by atoms with Crippen LogP contribution in [0.3, 0.4) is 0 Å². The first kappa shape index (κ1) is 23.2. The molecule has 2 aromatic rings. The average molecular weight is 430 g/mol. The van der Waals surface area contributed by atoms with Gasteiger partial charge in [-0.3, -0.25) is 0 Å². The molecule has 5 nitrogen and oxygen atoms in total. The predicted octanol–water partition coefficient (Wildman–Crippen LogP) is 5.01. The number of thioether (sulfide) groups is 1. The van der Waals surface area contributed by atoms with Gasteiger partial charge in [0.05, 0.1) is 17.8 Å². The van der Waals surface area contributed by atoms with Crippen LogP contribution in [0, 0.1) is 0 Å². The Morgan fingerprint density at radius 1 is 0.900 bits per heavy atom. The Bertz CT molecular complexity index is 822.